The van der Waals surface area contributed by atoms with Crippen molar-refractivity contribution in [2.45, 2.75) is 64.0 Å². The molecule has 4 heterocycles. The van der Waals surface area contributed by atoms with Gasteiger partial charge in [0.25, 0.3) is 5.91 Å². The van der Waals surface area contributed by atoms with Crippen LogP contribution in [0, 0.1) is 0 Å². The fraction of sp³-hybridized carbons (Fsp3) is 0.609. The predicted molar refractivity (Wildman–Crippen MR) is 130 cm³/mol. The Hall–Kier alpha value is -2.82. The maximum absolute atomic E-state index is 12.7. The number of anilines is 1. The molecular weight excluding hydrogens is 454 g/mol. The van der Waals surface area contributed by atoms with Gasteiger partial charge in [-0.05, 0) is 45.9 Å². The number of hydrogen-bond acceptors (Lipinski definition) is 8. The summed E-state index contributed by atoms with van der Waals surface area (Å²) >= 11 is 1.49. The van der Waals surface area contributed by atoms with Gasteiger partial charge >= 0.3 is 6.09 Å². The number of nitrogens with zero attached hydrogens (tertiary/aromatic N) is 7. The largest absolute Gasteiger partial charge is 0.444 e. The first-order valence-electron chi connectivity index (χ1n) is 11.5. The Morgan fingerprint density at radius 3 is 2.56 bits per heavy atom. The van der Waals surface area contributed by atoms with Crippen LogP contribution in [0.2, 0.25) is 0 Å². The Bertz CT molecular complexity index is 1090. The highest BCUT2D eigenvalue weighted by Crippen LogP contribution is 2.31. The highest BCUT2D eigenvalue weighted by molar-refractivity contribution is 7.98. The lowest BCUT2D eigenvalue weighted by molar-refractivity contribution is 0.0220. The van der Waals surface area contributed by atoms with Crippen molar-refractivity contribution < 1.29 is 14.3 Å². The van der Waals surface area contributed by atoms with Crippen molar-refractivity contribution in [1.82, 2.24) is 29.5 Å². The molecule has 2 aliphatic rings. The number of thioether (sulfide) groups is 1. The number of fused-ring (bicyclic) bond motifs is 2. The molecule has 11 heteroatoms. The molecule has 0 unspecified atom stereocenters. The number of aryl methyl sites for hydroxylation is 1. The second kappa shape index (κ2) is 9.44. The van der Waals surface area contributed by atoms with Crippen molar-refractivity contribution in [3.63, 3.8) is 0 Å². The fourth-order valence-electron chi connectivity index (χ4n) is 4.20. The highest BCUT2D eigenvalue weighted by atomic mass is 32.2. The predicted octanol–water partition coefficient (Wildman–Crippen LogP) is 2.80. The lowest BCUT2D eigenvalue weighted by atomic mass is 10.1. The van der Waals surface area contributed by atoms with Crippen LogP contribution < -0.4 is 4.90 Å². The molecule has 0 saturated carbocycles. The maximum Gasteiger partial charge on any atom is 0.410 e. The Morgan fingerprint density at radius 2 is 1.88 bits per heavy atom. The number of carbonyl (C=O) groups is 2. The molecule has 34 heavy (non-hydrogen) atoms. The first-order valence-corrected chi connectivity index (χ1v) is 12.7. The molecule has 2 aromatic rings. The van der Waals surface area contributed by atoms with Gasteiger partial charge in [-0.25, -0.2) is 14.8 Å². The van der Waals surface area contributed by atoms with Crippen LogP contribution in [0.1, 0.15) is 54.6 Å². The minimum atomic E-state index is -0.541. The van der Waals surface area contributed by atoms with Crippen LogP contribution in [0.3, 0.4) is 0 Å². The van der Waals surface area contributed by atoms with E-state index in [-0.39, 0.29) is 12.0 Å². The summed E-state index contributed by atoms with van der Waals surface area (Å²) in [5.74, 6) is 0.812. The fourth-order valence-corrected chi connectivity index (χ4v) is 4.58. The van der Waals surface area contributed by atoms with Crippen molar-refractivity contribution >= 4 is 29.6 Å². The van der Waals surface area contributed by atoms with Gasteiger partial charge in [0, 0.05) is 39.3 Å². The second-order valence-electron chi connectivity index (χ2n) is 9.83. The molecule has 0 bridgehead atoms. The minimum absolute atomic E-state index is 0.0987. The molecule has 10 nitrogen and oxygen atoms in total. The lowest BCUT2D eigenvalue weighted by Crippen LogP contribution is -2.41. The quantitative estimate of drug-likeness (QED) is 0.482. The number of ether oxygens (including phenoxy) is 1. The standard InChI is InChI=1S/C23H33N7O3S/c1-23(2,3)33-22(32)29-11-8-16-18(14-29)24-21(34-6)25-19(16)28-9-7-10-30-15(13-28)12-17(26-30)20(31)27(4)5/h12H,7-11,13-14H2,1-6H3. The van der Waals surface area contributed by atoms with Crippen LogP contribution in [-0.4, -0.2) is 80.6 Å². The highest BCUT2D eigenvalue weighted by Gasteiger charge is 2.31. The molecule has 184 valence electrons. The van der Waals surface area contributed by atoms with Gasteiger partial charge in [0.05, 0.1) is 24.5 Å². The lowest BCUT2D eigenvalue weighted by Gasteiger charge is -2.33. The van der Waals surface area contributed by atoms with E-state index >= 15 is 0 Å². The van der Waals surface area contributed by atoms with Gasteiger partial charge in [0.1, 0.15) is 11.4 Å². The van der Waals surface area contributed by atoms with E-state index in [0.29, 0.717) is 36.9 Å². The van der Waals surface area contributed by atoms with Crippen molar-refractivity contribution in [3.8, 4) is 0 Å². The van der Waals surface area contributed by atoms with Crippen molar-refractivity contribution in [2.24, 2.45) is 0 Å². The van der Waals surface area contributed by atoms with Gasteiger partial charge in [-0.3, -0.25) is 9.48 Å². The summed E-state index contributed by atoms with van der Waals surface area (Å²) in [6, 6.07) is 1.88. The van der Waals surface area contributed by atoms with Crippen molar-refractivity contribution in [3.05, 3.63) is 28.7 Å². The third kappa shape index (κ3) is 5.13. The molecule has 2 aliphatic heterocycles. The van der Waals surface area contributed by atoms with Gasteiger partial charge in [-0.15, -0.1) is 0 Å². The number of amides is 2. The Kier molecular flexibility index (Phi) is 6.75. The molecule has 4 rings (SSSR count). The van der Waals surface area contributed by atoms with Crippen LogP contribution in [0.5, 0.6) is 0 Å². The Labute approximate surface area is 204 Å². The molecule has 0 atom stereocenters. The average Bonchev–Trinajstić information content (AvgIpc) is 3.07. The summed E-state index contributed by atoms with van der Waals surface area (Å²) in [5.41, 5.74) is 2.86. The van der Waals surface area contributed by atoms with Crippen molar-refractivity contribution in [1.29, 1.82) is 0 Å². The number of carbonyl (C=O) groups excluding carboxylic acids is 2. The zero-order valence-electron chi connectivity index (χ0n) is 20.8. The van der Waals surface area contributed by atoms with Gasteiger partial charge in [0.2, 0.25) is 0 Å². The molecule has 0 fully saturated rings. The monoisotopic (exact) mass is 487 g/mol. The van der Waals surface area contributed by atoms with Crippen molar-refractivity contribution in [2.75, 3.05) is 38.3 Å². The van der Waals surface area contributed by atoms with E-state index in [0.717, 1.165) is 42.3 Å². The molecule has 0 aliphatic carbocycles. The Morgan fingerprint density at radius 1 is 1.12 bits per heavy atom. The van der Waals surface area contributed by atoms with Crippen LogP contribution >= 0.6 is 11.8 Å². The summed E-state index contributed by atoms with van der Waals surface area (Å²) in [6.45, 7) is 8.77. The third-order valence-corrected chi connectivity index (χ3v) is 6.34. The van der Waals surface area contributed by atoms with E-state index < -0.39 is 5.60 Å². The van der Waals surface area contributed by atoms with E-state index in [1.54, 1.807) is 23.9 Å². The normalized spacial score (nSPS) is 15.9. The van der Waals surface area contributed by atoms with Crippen LogP contribution in [0.15, 0.2) is 11.2 Å². The van der Waals surface area contributed by atoms with Gasteiger partial charge < -0.3 is 19.4 Å². The second-order valence-corrected chi connectivity index (χ2v) is 10.6. The first-order chi connectivity index (χ1) is 16.1. The van der Waals surface area contributed by atoms with Gasteiger partial charge in [0.15, 0.2) is 10.9 Å². The zero-order chi connectivity index (χ0) is 24.6. The van der Waals surface area contributed by atoms with Gasteiger partial charge in [-0.2, -0.15) is 5.10 Å². The van der Waals surface area contributed by atoms with E-state index in [1.165, 1.54) is 11.8 Å². The van der Waals surface area contributed by atoms with Crippen LogP contribution in [0.4, 0.5) is 10.6 Å². The molecule has 2 amide bonds. The average molecular weight is 488 g/mol. The summed E-state index contributed by atoms with van der Waals surface area (Å²) in [7, 11) is 3.47. The van der Waals surface area contributed by atoms with Gasteiger partial charge in [-0.1, -0.05) is 11.8 Å². The third-order valence-electron chi connectivity index (χ3n) is 5.80. The molecule has 0 aromatic carbocycles. The number of hydrogen-bond donors (Lipinski definition) is 0. The SMILES string of the molecule is CSc1nc2c(c(N3CCCn4nc(C(=O)N(C)C)cc4C3)n1)CCN(C(=O)OC(C)(C)C)C2. The molecule has 2 aromatic heterocycles. The summed E-state index contributed by atoms with van der Waals surface area (Å²) < 4.78 is 7.51. The van der Waals surface area contributed by atoms with E-state index in [9.17, 15) is 9.59 Å². The number of rotatable bonds is 3. The number of aromatic nitrogens is 4. The summed E-state index contributed by atoms with van der Waals surface area (Å²) in [4.78, 5) is 40.2. The molecule has 0 N–H and O–H groups in total. The molecule has 0 radical (unpaired) electrons. The van der Waals surface area contributed by atoms with E-state index in [1.807, 2.05) is 37.8 Å². The van der Waals surface area contributed by atoms with E-state index in [4.69, 9.17) is 14.7 Å². The van der Waals surface area contributed by atoms with Crippen LogP contribution in [-0.2, 0) is 30.8 Å². The smallest absolute Gasteiger partial charge is 0.410 e. The minimum Gasteiger partial charge on any atom is -0.444 e. The summed E-state index contributed by atoms with van der Waals surface area (Å²) in [5, 5.41) is 5.23. The maximum atomic E-state index is 12.7. The van der Waals surface area contributed by atoms with E-state index in [2.05, 4.69) is 10.00 Å². The first kappa shape index (κ1) is 24.3. The van der Waals surface area contributed by atoms with Crippen LogP contribution in [0.25, 0.3) is 0 Å². The molecular formula is C23H33N7O3S. The zero-order valence-corrected chi connectivity index (χ0v) is 21.6. The molecule has 0 spiro atoms. The topological polar surface area (TPSA) is 96.7 Å². The Balaban J connectivity index is 1.62. The summed E-state index contributed by atoms with van der Waals surface area (Å²) in [6.07, 6.45) is 3.19. The molecule has 0 saturated heterocycles.